The predicted molar refractivity (Wildman–Crippen MR) is 107 cm³/mol. The number of hydrogen-bond acceptors (Lipinski definition) is 4. The minimum Gasteiger partial charge on any atom is -0.378 e. The van der Waals surface area contributed by atoms with Gasteiger partial charge in [0, 0.05) is 31.2 Å². The van der Waals surface area contributed by atoms with Crippen LogP contribution in [0.4, 0.5) is 0 Å². The van der Waals surface area contributed by atoms with Crippen LogP contribution in [-0.4, -0.2) is 66.5 Å². The number of benzene rings is 1. The number of pyridine rings is 1. The maximum absolute atomic E-state index is 13.5. The smallest absolute Gasteiger partial charge is 0.255 e. The van der Waals surface area contributed by atoms with Gasteiger partial charge >= 0.3 is 0 Å². The van der Waals surface area contributed by atoms with Crippen LogP contribution < -0.4 is 0 Å². The Morgan fingerprint density at radius 1 is 1.18 bits per heavy atom. The lowest BCUT2D eigenvalue weighted by Crippen LogP contribution is -2.46. The Balaban J connectivity index is 1.67. The molecule has 2 heterocycles. The van der Waals surface area contributed by atoms with E-state index in [0.717, 1.165) is 59.0 Å². The van der Waals surface area contributed by atoms with Gasteiger partial charge in [0.1, 0.15) is 0 Å². The summed E-state index contributed by atoms with van der Waals surface area (Å²) in [4.78, 5) is 34.2. The van der Waals surface area contributed by atoms with Gasteiger partial charge in [-0.3, -0.25) is 14.6 Å². The molecule has 4 rings (SSSR count). The monoisotopic (exact) mass is 381 g/mol. The van der Waals surface area contributed by atoms with E-state index >= 15 is 0 Å². The molecule has 1 saturated heterocycles. The lowest BCUT2D eigenvalue weighted by atomic mass is 9.89. The van der Waals surface area contributed by atoms with Crippen molar-refractivity contribution in [2.45, 2.75) is 32.6 Å². The number of amides is 2. The summed E-state index contributed by atoms with van der Waals surface area (Å²) in [5.41, 5.74) is 4.81. The van der Waals surface area contributed by atoms with Crippen molar-refractivity contribution in [3.05, 3.63) is 40.6 Å². The number of aryl methyl sites for hydroxylation is 2. The van der Waals surface area contributed by atoms with Crippen LogP contribution in [0.25, 0.3) is 10.9 Å². The predicted octanol–water partition coefficient (Wildman–Crippen LogP) is 2.35. The van der Waals surface area contributed by atoms with Gasteiger partial charge in [-0.25, -0.2) is 0 Å². The molecule has 1 fully saturated rings. The Bertz CT molecular complexity index is 919. The summed E-state index contributed by atoms with van der Waals surface area (Å²) in [5.74, 6) is -0.111. The second-order valence-electron chi connectivity index (χ2n) is 7.79. The van der Waals surface area contributed by atoms with E-state index in [1.807, 2.05) is 25.1 Å². The van der Waals surface area contributed by atoms with Gasteiger partial charge < -0.3 is 14.5 Å². The fourth-order valence-corrected chi connectivity index (χ4v) is 4.16. The van der Waals surface area contributed by atoms with Gasteiger partial charge in [0.15, 0.2) is 0 Å². The highest BCUT2D eigenvalue weighted by Crippen LogP contribution is 2.30. The molecule has 0 N–H and O–H groups in total. The third-order valence-electron chi connectivity index (χ3n) is 5.71. The van der Waals surface area contributed by atoms with E-state index in [-0.39, 0.29) is 18.4 Å². The van der Waals surface area contributed by atoms with Gasteiger partial charge in [-0.15, -0.1) is 0 Å². The Morgan fingerprint density at radius 3 is 2.71 bits per heavy atom. The number of ether oxygens (including phenoxy) is 1. The van der Waals surface area contributed by atoms with Crippen LogP contribution in [0.2, 0.25) is 0 Å². The third kappa shape index (κ3) is 3.61. The lowest BCUT2D eigenvalue weighted by molar-refractivity contribution is -0.135. The maximum atomic E-state index is 13.5. The van der Waals surface area contributed by atoms with Crippen molar-refractivity contribution in [3.63, 3.8) is 0 Å². The third-order valence-corrected chi connectivity index (χ3v) is 5.71. The van der Waals surface area contributed by atoms with Crippen molar-refractivity contribution in [1.29, 1.82) is 0 Å². The molecule has 2 aromatic rings. The summed E-state index contributed by atoms with van der Waals surface area (Å²) < 4.78 is 5.31. The number of aromatic nitrogens is 1. The summed E-state index contributed by atoms with van der Waals surface area (Å²) in [6, 6.07) is 6.07. The van der Waals surface area contributed by atoms with Gasteiger partial charge in [0.2, 0.25) is 5.91 Å². The summed E-state index contributed by atoms with van der Waals surface area (Å²) in [6.07, 6.45) is 3.97. The summed E-state index contributed by atoms with van der Waals surface area (Å²) in [7, 11) is 1.72. The Labute approximate surface area is 165 Å². The Hall–Kier alpha value is -2.47. The molecule has 1 aliphatic carbocycles. The zero-order valence-corrected chi connectivity index (χ0v) is 16.7. The van der Waals surface area contributed by atoms with E-state index in [9.17, 15) is 9.59 Å². The maximum Gasteiger partial charge on any atom is 0.255 e. The van der Waals surface area contributed by atoms with Gasteiger partial charge in [-0.1, -0.05) is 11.6 Å². The highest BCUT2D eigenvalue weighted by molar-refractivity contribution is 6.08. The molecule has 0 saturated carbocycles. The second kappa shape index (κ2) is 7.87. The molecule has 1 aromatic carbocycles. The summed E-state index contributed by atoms with van der Waals surface area (Å²) in [5, 5.41) is 0.899. The van der Waals surface area contributed by atoms with Crippen LogP contribution in [0, 0.1) is 6.92 Å². The highest BCUT2D eigenvalue weighted by Gasteiger charge is 2.27. The molecule has 0 radical (unpaired) electrons. The van der Waals surface area contributed by atoms with Crippen LogP contribution in [0.5, 0.6) is 0 Å². The van der Waals surface area contributed by atoms with E-state index in [1.165, 1.54) is 0 Å². The summed E-state index contributed by atoms with van der Waals surface area (Å²) in [6.45, 7) is 4.42. The number of carbonyl (C=O) groups excluding carboxylic acids is 2. The van der Waals surface area contributed by atoms with Gasteiger partial charge in [-0.2, -0.15) is 0 Å². The molecule has 6 heteroatoms. The first-order valence-corrected chi connectivity index (χ1v) is 10.1. The minimum atomic E-state index is -0.0854. The van der Waals surface area contributed by atoms with Gasteiger partial charge in [0.25, 0.3) is 5.91 Å². The molecule has 0 atom stereocenters. The van der Waals surface area contributed by atoms with Crippen LogP contribution in [-0.2, 0) is 22.4 Å². The first-order chi connectivity index (χ1) is 13.5. The number of hydrogen-bond donors (Lipinski definition) is 0. The van der Waals surface area contributed by atoms with Gasteiger partial charge in [0.05, 0.1) is 30.8 Å². The van der Waals surface area contributed by atoms with Crippen LogP contribution >= 0.6 is 0 Å². The average Bonchev–Trinajstić information content (AvgIpc) is 2.72. The molecule has 2 amide bonds. The second-order valence-corrected chi connectivity index (χ2v) is 7.79. The van der Waals surface area contributed by atoms with E-state index in [2.05, 4.69) is 0 Å². The molecular formula is C22H27N3O3. The lowest BCUT2D eigenvalue weighted by Gasteiger charge is -2.29. The summed E-state index contributed by atoms with van der Waals surface area (Å²) >= 11 is 0. The first kappa shape index (κ1) is 18.9. The largest absolute Gasteiger partial charge is 0.378 e. The zero-order valence-electron chi connectivity index (χ0n) is 16.7. The fraction of sp³-hybridized carbons (Fsp3) is 0.500. The fourth-order valence-electron chi connectivity index (χ4n) is 4.16. The normalized spacial score (nSPS) is 16.7. The van der Waals surface area contributed by atoms with Crippen molar-refractivity contribution >= 4 is 22.7 Å². The van der Waals surface area contributed by atoms with Crippen molar-refractivity contribution < 1.29 is 14.3 Å². The molecule has 0 bridgehead atoms. The number of nitrogens with zero attached hydrogens (tertiary/aromatic N) is 3. The number of morpholine rings is 1. The molecule has 0 spiro atoms. The molecule has 148 valence electrons. The van der Waals surface area contributed by atoms with Crippen LogP contribution in [0.3, 0.4) is 0 Å². The van der Waals surface area contributed by atoms with E-state index in [4.69, 9.17) is 9.72 Å². The number of carbonyl (C=O) groups is 2. The SMILES string of the molecule is Cc1ccc2nc3c(c(C(=O)N(C)CC(=O)N4CCOCC4)c2c1)CCCC3. The zero-order chi connectivity index (χ0) is 19.7. The molecule has 1 aromatic heterocycles. The Morgan fingerprint density at radius 2 is 1.93 bits per heavy atom. The van der Waals surface area contributed by atoms with Crippen molar-refractivity contribution in [1.82, 2.24) is 14.8 Å². The topological polar surface area (TPSA) is 62.7 Å². The molecule has 2 aliphatic rings. The minimum absolute atomic E-state index is 0.0254. The quantitative estimate of drug-likeness (QED) is 0.819. The number of rotatable bonds is 3. The van der Waals surface area contributed by atoms with Crippen molar-refractivity contribution in [2.24, 2.45) is 0 Å². The molecule has 6 nitrogen and oxygen atoms in total. The average molecular weight is 381 g/mol. The van der Waals surface area contributed by atoms with E-state index in [0.29, 0.717) is 26.3 Å². The van der Waals surface area contributed by atoms with E-state index < -0.39 is 0 Å². The standard InChI is InChI=1S/C22H27N3O3/c1-15-7-8-19-17(13-15)21(16-5-3-4-6-18(16)23-19)22(27)24(2)14-20(26)25-9-11-28-12-10-25/h7-8,13H,3-6,9-12,14H2,1-2H3. The molecule has 0 unspecified atom stereocenters. The highest BCUT2D eigenvalue weighted by atomic mass is 16.5. The molecule has 1 aliphatic heterocycles. The molecular weight excluding hydrogens is 354 g/mol. The number of likely N-dealkylation sites (N-methyl/N-ethyl adjacent to an activating group) is 1. The first-order valence-electron chi connectivity index (χ1n) is 10.1. The van der Waals surface area contributed by atoms with Crippen molar-refractivity contribution in [2.75, 3.05) is 39.9 Å². The van der Waals surface area contributed by atoms with Crippen molar-refractivity contribution in [3.8, 4) is 0 Å². The molecule has 28 heavy (non-hydrogen) atoms. The number of fused-ring (bicyclic) bond motifs is 2. The van der Waals surface area contributed by atoms with Gasteiger partial charge in [-0.05, 0) is 50.3 Å². The van der Waals surface area contributed by atoms with Crippen LogP contribution in [0.1, 0.15) is 40.0 Å². The Kier molecular flexibility index (Phi) is 5.31. The van der Waals surface area contributed by atoms with Crippen LogP contribution in [0.15, 0.2) is 18.2 Å². The van der Waals surface area contributed by atoms with E-state index in [1.54, 1.807) is 16.8 Å².